The molecule has 0 aliphatic carbocycles. The minimum atomic E-state index is 0.650. The van der Waals surface area contributed by atoms with Gasteiger partial charge in [0.2, 0.25) is 0 Å². The Bertz CT molecular complexity index is 322. The highest BCUT2D eigenvalue weighted by Crippen LogP contribution is 2.11. The summed E-state index contributed by atoms with van der Waals surface area (Å²) in [4.78, 5) is 8.89. The largest absolute Gasteiger partial charge is 0.389 e. The Hall–Kier alpha value is -1.14. The van der Waals surface area contributed by atoms with Crippen molar-refractivity contribution in [3.63, 3.8) is 0 Å². The Morgan fingerprint density at radius 3 is 1.93 bits per heavy atom. The van der Waals surface area contributed by atoms with Crippen LogP contribution in [0.4, 0.5) is 10.1 Å². The van der Waals surface area contributed by atoms with Gasteiger partial charge >= 0.3 is 0 Å². The van der Waals surface area contributed by atoms with Crippen LogP contribution in [-0.4, -0.2) is 9.97 Å². The molecule has 0 fully saturated rings. The highest BCUT2D eigenvalue weighted by Gasteiger charge is 1.87. The number of nitrogen functional groups attached to an aromatic ring is 2. The summed E-state index contributed by atoms with van der Waals surface area (Å²) in [5, 5.41) is 2.47. The van der Waals surface area contributed by atoms with Crippen molar-refractivity contribution in [2.75, 3.05) is 11.5 Å². The maximum Gasteiger partial charge on any atom is 0.180 e. The highest BCUT2D eigenvalue weighted by molar-refractivity contribution is 7.15. The maximum absolute atomic E-state index is 5.33. The molecule has 0 aliphatic heterocycles. The Morgan fingerprint density at radius 2 is 1.79 bits per heavy atom. The molecule has 4 nitrogen and oxygen atoms in total. The Kier molecular flexibility index (Phi) is 3.84. The number of rotatable bonds is 0. The summed E-state index contributed by atoms with van der Waals surface area (Å²) < 4.78 is 0. The molecule has 0 saturated heterocycles. The van der Waals surface area contributed by atoms with Gasteiger partial charge in [-0.3, -0.25) is 0 Å². The minimum Gasteiger partial charge on any atom is -0.389 e. The van der Waals surface area contributed by atoms with Gasteiger partial charge in [-0.05, 0) is 13.8 Å². The molecule has 0 bridgehead atoms. The van der Waals surface area contributed by atoms with Crippen LogP contribution in [0.1, 0.15) is 9.88 Å². The van der Waals surface area contributed by atoms with Crippen molar-refractivity contribution in [3.8, 4) is 0 Å². The smallest absolute Gasteiger partial charge is 0.180 e. The lowest BCUT2D eigenvalue weighted by molar-refractivity contribution is 1.30. The normalized spacial score (nSPS) is 9.29. The first-order valence-electron chi connectivity index (χ1n) is 3.93. The maximum atomic E-state index is 5.33. The number of nitrogens with two attached hydrogens (primary N) is 2. The van der Waals surface area contributed by atoms with Crippen LogP contribution in [0.5, 0.6) is 0 Å². The zero-order valence-electron chi connectivity index (χ0n) is 8.02. The van der Waals surface area contributed by atoms with Crippen molar-refractivity contribution in [3.05, 3.63) is 22.3 Å². The first kappa shape index (κ1) is 10.9. The van der Waals surface area contributed by atoms with Gasteiger partial charge in [-0.2, -0.15) is 0 Å². The van der Waals surface area contributed by atoms with Crippen LogP contribution in [0.2, 0.25) is 0 Å². The number of nitrogens with zero attached hydrogens (tertiary/aromatic N) is 2. The molecular formula is C8H12N4S2. The van der Waals surface area contributed by atoms with Crippen LogP contribution in [0.25, 0.3) is 0 Å². The van der Waals surface area contributed by atoms with E-state index < -0.39 is 0 Å². The summed E-state index contributed by atoms with van der Waals surface area (Å²) in [5.74, 6) is 0. The van der Waals surface area contributed by atoms with E-state index in [9.17, 15) is 0 Å². The fourth-order valence-corrected chi connectivity index (χ4v) is 1.84. The quantitative estimate of drug-likeness (QED) is 0.723. The van der Waals surface area contributed by atoms with Gasteiger partial charge in [-0.25, -0.2) is 9.97 Å². The molecule has 0 unspecified atom stereocenters. The molecule has 76 valence electrons. The fourth-order valence-electron chi connectivity index (χ4n) is 0.750. The van der Waals surface area contributed by atoms with E-state index in [0.29, 0.717) is 5.13 Å². The van der Waals surface area contributed by atoms with E-state index in [1.807, 2.05) is 13.8 Å². The zero-order valence-corrected chi connectivity index (χ0v) is 9.65. The molecule has 0 saturated carbocycles. The van der Waals surface area contributed by atoms with Crippen LogP contribution >= 0.6 is 22.7 Å². The predicted octanol–water partition coefficient (Wildman–Crippen LogP) is 2.07. The molecule has 2 heterocycles. The zero-order chi connectivity index (χ0) is 10.6. The van der Waals surface area contributed by atoms with Crippen molar-refractivity contribution in [1.29, 1.82) is 0 Å². The van der Waals surface area contributed by atoms with Crippen molar-refractivity contribution in [2.45, 2.75) is 13.8 Å². The molecule has 0 radical (unpaired) electrons. The average Bonchev–Trinajstić information content (AvgIpc) is 2.63. The summed E-state index contributed by atoms with van der Waals surface area (Å²) in [5.41, 5.74) is 10.6. The third-order valence-electron chi connectivity index (χ3n) is 1.28. The van der Waals surface area contributed by atoms with Gasteiger partial charge in [0.1, 0.15) is 5.00 Å². The van der Waals surface area contributed by atoms with E-state index in [0.717, 1.165) is 14.9 Å². The SMILES string of the molecule is Cc1cnc(N)s1.Cc1ncc(N)s1. The summed E-state index contributed by atoms with van der Waals surface area (Å²) in [6.07, 6.45) is 3.43. The van der Waals surface area contributed by atoms with E-state index >= 15 is 0 Å². The van der Waals surface area contributed by atoms with Crippen LogP contribution in [0.3, 0.4) is 0 Å². The molecule has 4 N–H and O–H groups in total. The molecule has 2 aromatic rings. The minimum absolute atomic E-state index is 0.650. The Labute approximate surface area is 90.6 Å². The van der Waals surface area contributed by atoms with E-state index in [1.54, 1.807) is 12.4 Å². The molecule has 0 atom stereocenters. The van der Waals surface area contributed by atoms with Crippen LogP contribution in [0, 0.1) is 13.8 Å². The topological polar surface area (TPSA) is 77.8 Å². The second kappa shape index (κ2) is 4.92. The molecule has 14 heavy (non-hydrogen) atoms. The van der Waals surface area contributed by atoms with E-state index in [2.05, 4.69) is 9.97 Å². The predicted molar refractivity (Wildman–Crippen MR) is 62.5 cm³/mol. The standard InChI is InChI=1S/2C4H6N2S/c1-3-6-2-4(5)7-3;1-3-2-6-4(5)7-3/h2H,5H2,1H3;2H,1H3,(H2,5,6). The van der Waals surface area contributed by atoms with Gasteiger partial charge in [0.15, 0.2) is 5.13 Å². The monoisotopic (exact) mass is 228 g/mol. The first-order chi connectivity index (χ1) is 6.58. The molecule has 0 aromatic carbocycles. The number of thiazole rings is 2. The molecular weight excluding hydrogens is 216 g/mol. The Balaban J connectivity index is 0.000000140. The fraction of sp³-hybridized carbons (Fsp3) is 0.250. The number of aromatic nitrogens is 2. The highest BCUT2D eigenvalue weighted by atomic mass is 32.1. The second-order valence-electron chi connectivity index (χ2n) is 2.59. The van der Waals surface area contributed by atoms with Gasteiger partial charge in [0.05, 0.1) is 11.2 Å². The number of aryl methyl sites for hydroxylation is 2. The van der Waals surface area contributed by atoms with Gasteiger partial charge in [0, 0.05) is 11.1 Å². The van der Waals surface area contributed by atoms with Crippen LogP contribution in [0.15, 0.2) is 12.4 Å². The van der Waals surface area contributed by atoms with E-state index in [4.69, 9.17) is 11.5 Å². The number of hydrogen-bond donors (Lipinski definition) is 2. The van der Waals surface area contributed by atoms with Gasteiger partial charge in [0.25, 0.3) is 0 Å². The van der Waals surface area contributed by atoms with E-state index in [1.165, 1.54) is 22.7 Å². The number of hydrogen-bond acceptors (Lipinski definition) is 6. The Morgan fingerprint density at radius 1 is 1.07 bits per heavy atom. The average molecular weight is 228 g/mol. The third-order valence-corrected chi connectivity index (χ3v) is 2.76. The third kappa shape index (κ3) is 3.71. The van der Waals surface area contributed by atoms with Gasteiger partial charge in [-0.1, -0.05) is 0 Å². The first-order valence-corrected chi connectivity index (χ1v) is 5.57. The molecule has 0 spiro atoms. The van der Waals surface area contributed by atoms with Crippen molar-refractivity contribution in [1.82, 2.24) is 9.97 Å². The lowest BCUT2D eigenvalue weighted by Crippen LogP contribution is -1.77. The lowest BCUT2D eigenvalue weighted by Gasteiger charge is -1.70. The van der Waals surface area contributed by atoms with Gasteiger partial charge < -0.3 is 11.5 Å². The van der Waals surface area contributed by atoms with Crippen molar-refractivity contribution < 1.29 is 0 Å². The number of anilines is 2. The van der Waals surface area contributed by atoms with E-state index in [-0.39, 0.29) is 0 Å². The molecule has 0 aliphatic rings. The van der Waals surface area contributed by atoms with Crippen molar-refractivity contribution in [2.24, 2.45) is 0 Å². The summed E-state index contributed by atoms with van der Waals surface area (Å²) in [6.45, 7) is 3.91. The molecule has 2 rings (SSSR count). The van der Waals surface area contributed by atoms with Crippen LogP contribution in [-0.2, 0) is 0 Å². The second-order valence-corrected chi connectivity index (χ2v) is 5.12. The van der Waals surface area contributed by atoms with Gasteiger partial charge in [-0.15, -0.1) is 22.7 Å². The lowest BCUT2D eigenvalue weighted by atomic mass is 10.7. The van der Waals surface area contributed by atoms with Crippen LogP contribution < -0.4 is 11.5 Å². The summed E-state index contributed by atoms with van der Waals surface area (Å²) in [6, 6.07) is 0. The molecule has 6 heteroatoms. The summed E-state index contributed by atoms with van der Waals surface area (Å²) >= 11 is 3.02. The molecule has 2 aromatic heterocycles. The summed E-state index contributed by atoms with van der Waals surface area (Å²) in [7, 11) is 0. The molecule has 0 amide bonds. The van der Waals surface area contributed by atoms with Crippen molar-refractivity contribution >= 4 is 32.8 Å².